The van der Waals surface area contributed by atoms with E-state index in [1.807, 2.05) is 6.92 Å². The first kappa shape index (κ1) is 16.0. The van der Waals surface area contributed by atoms with Gasteiger partial charge in [-0.3, -0.25) is 9.59 Å². The molecule has 2 aliphatic rings. The van der Waals surface area contributed by atoms with Crippen LogP contribution in [0.3, 0.4) is 0 Å². The molecule has 2 rings (SSSR count). The van der Waals surface area contributed by atoms with Gasteiger partial charge in [0.05, 0.1) is 12.0 Å². The molecule has 1 saturated heterocycles. The monoisotopic (exact) mass is 270 g/mol. The fourth-order valence-electron chi connectivity index (χ4n) is 2.57. The number of aliphatic carboxylic acids is 1. The predicted octanol–water partition coefficient (Wildman–Crippen LogP) is 3.53. The van der Waals surface area contributed by atoms with E-state index < -0.39 is 5.97 Å². The summed E-state index contributed by atoms with van der Waals surface area (Å²) < 4.78 is 5.13. The van der Waals surface area contributed by atoms with Crippen molar-refractivity contribution in [2.24, 2.45) is 5.92 Å². The lowest BCUT2D eigenvalue weighted by atomic mass is 10.1. The van der Waals surface area contributed by atoms with Crippen molar-refractivity contribution in [3.05, 3.63) is 0 Å². The van der Waals surface area contributed by atoms with Gasteiger partial charge in [-0.15, -0.1) is 0 Å². The minimum Gasteiger partial charge on any atom is -0.481 e. The normalized spacial score (nSPS) is 25.3. The Morgan fingerprint density at radius 2 is 1.63 bits per heavy atom. The van der Waals surface area contributed by atoms with Crippen molar-refractivity contribution in [1.82, 2.24) is 0 Å². The van der Waals surface area contributed by atoms with Gasteiger partial charge in [-0.05, 0) is 39.0 Å². The highest BCUT2D eigenvalue weighted by Gasteiger charge is 2.21. The molecule has 4 nitrogen and oxygen atoms in total. The second-order valence-electron chi connectivity index (χ2n) is 5.57. The van der Waals surface area contributed by atoms with Gasteiger partial charge in [0.1, 0.15) is 0 Å². The highest BCUT2D eigenvalue weighted by Crippen LogP contribution is 2.24. The van der Waals surface area contributed by atoms with E-state index in [9.17, 15) is 9.59 Å². The molecule has 0 bridgehead atoms. The Bertz CT molecular complexity index is 282. The Balaban J connectivity index is 0.000000200. The molecule has 19 heavy (non-hydrogen) atoms. The minimum absolute atomic E-state index is 0.0144. The number of rotatable bonds is 1. The van der Waals surface area contributed by atoms with Crippen molar-refractivity contribution in [2.45, 2.75) is 77.2 Å². The van der Waals surface area contributed by atoms with E-state index in [1.54, 1.807) is 0 Å². The SMILES string of the molecule is CC1CCCCCCC(=O)O1.O=C(O)C1CCCC1. The molecule has 1 atom stereocenters. The van der Waals surface area contributed by atoms with E-state index >= 15 is 0 Å². The Morgan fingerprint density at radius 1 is 1.05 bits per heavy atom. The molecule has 110 valence electrons. The van der Waals surface area contributed by atoms with E-state index in [0.29, 0.717) is 6.42 Å². The zero-order chi connectivity index (χ0) is 14.1. The Kier molecular flexibility index (Phi) is 7.53. The van der Waals surface area contributed by atoms with Gasteiger partial charge in [0, 0.05) is 6.42 Å². The second kappa shape index (κ2) is 8.94. The topological polar surface area (TPSA) is 63.6 Å². The van der Waals surface area contributed by atoms with Crippen molar-refractivity contribution < 1.29 is 19.4 Å². The molecule has 0 aromatic carbocycles. The van der Waals surface area contributed by atoms with Crippen LogP contribution in [0.5, 0.6) is 0 Å². The third-order valence-electron chi connectivity index (χ3n) is 3.78. The largest absolute Gasteiger partial charge is 0.481 e. The number of carbonyl (C=O) groups is 2. The molecule has 0 spiro atoms. The molecule has 0 amide bonds. The molecule has 0 aromatic heterocycles. The first-order chi connectivity index (χ1) is 9.09. The van der Waals surface area contributed by atoms with Crippen molar-refractivity contribution in [3.8, 4) is 0 Å². The lowest BCUT2D eigenvalue weighted by Gasteiger charge is -2.10. The van der Waals surface area contributed by atoms with Gasteiger partial charge >= 0.3 is 11.9 Å². The van der Waals surface area contributed by atoms with E-state index in [2.05, 4.69) is 0 Å². The average molecular weight is 270 g/mol. The van der Waals surface area contributed by atoms with E-state index in [0.717, 1.165) is 38.5 Å². The molecule has 1 aliphatic carbocycles. The molecule has 2 fully saturated rings. The first-order valence-electron chi connectivity index (χ1n) is 7.52. The van der Waals surface area contributed by atoms with Crippen LogP contribution >= 0.6 is 0 Å². The molecule has 1 aliphatic heterocycles. The third kappa shape index (κ3) is 7.19. The summed E-state index contributed by atoms with van der Waals surface area (Å²) in [5.41, 5.74) is 0. The van der Waals surface area contributed by atoms with Crippen molar-refractivity contribution in [2.75, 3.05) is 0 Å². The van der Waals surface area contributed by atoms with Crippen LogP contribution in [0.4, 0.5) is 0 Å². The van der Waals surface area contributed by atoms with Crippen LogP contribution in [-0.2, 0) is 14.3 Å². The third-order valence-corrected chi connectivity index (χ3v) is 3.78. The summed E-state index contributed by atoms with van der Waals surface area (Å²) in [7, 11) is 0. The van der Waals surface area contributed by atoms with Gasteiger partial charge in [0.15, 0.2) is 0 Å². The number of cyclic esters (lactones) is 1. The molecule has 1 saturated carbocycles. The molecule has 1 unspecified atom stereocenters. The number of hydrogen-bond acceptors (Lipinski definition) is 3. The standard InChI is InChI=1S/C9H16O2.C6H10O2/c1-8-6-4-2-3-5-7-9(10)11-8;7-6(8)5-3-1-2-4-5/h8H,2-7H2,1H3;5H,1-4H2,(H,7,8). The Morgan fingerprint density at radius 3 is 2.21 bits per heavy atom. The highest BCUT2D eigenvalue weighted by molar-refractivity contribution is 5.70. The molecular weight excluding hydrogens is 244 g/mol. The van der Waals surface area contributed by atoms with Crippen molar-refractivity contribution >= 4 is 11.9 Å². The molecule has 0 aromatic rings. The first-order valence-corrected chi connectivity index (χ1v) is 7.52. The molecule has 1 N–H and O–H groups in total. The fraction of sp³-hybridized carbons (Fsp3) is 0.867. The minimum atomic E-state index is -0.609. The summed E-state index contributed by atoms with van der Waals surface area (Å²) >= 11 is 0. The summed E-state index contributed by atoms with van der Waals surface area (Å²) in [6.07, 6.45) is 10.4. The maximum atomic E-state index is 11.0. The van der Waals surface area contributed by atoms with Gasteiger partial charge in [-0.1, -0.05) is 25.7 Å². The van der Waals surface area contributed by atoms with Gasteiger partial charge < -0.3 is 9.84 Å². The van der Waals surface area contributed by atoms with Gasteiger partial charge in [-0.2, -0.15) is 0 Å². The maximum absolute atomic E-state index is 11.0. The summed E-state index contributed by atoms with van der Waals surface area (Å²) in [4.78, 5) is 21.2. The number of carbonyl (C=O) groups excluding carboxylic acids is 1. The number of carboxylic acids is 1. The second-order valence-corrected chi connectivity index (χ2v) is 5.57. The van der Waals surface area contributed by atoms with Crippen LogP contribution in [0.15, 0.2) is 0 Å². The number of ether oxygens (including phenoxy) is 1. The van der Waals surface area contributed by atoms with Crippen LogP contribution in [0.25, 0.3) is 0 Å². The van der Waals surface area contributed by atoms with E-state index in [1.165, 1.54) is 19.3 Å². The van der Waals surface area contributed by atoms with Crippen molar-refractivity contribution in [1.29, 1.82) is 0 Å². The summed E-state index contributed by atoms with van der Waals surface area (Å²) in [6, 6.07) is 0. The predicted molar refractivity (Wildman–Crippen MR) is 72.8 cm³/mol. The zero-order valence-electron chi connectivity index (χ0n) is 11.9. The number of carboxylic acid groups (broad SMARTS) is 1. The molecule has 0 radical (unpaired) electrons. The summed E-state index contributed by atoms with van der Waals surface area (Å²) in [6.45, 7) is 1.98. The smallest absolute Gasteiger partial charge is 0.306 e. The van der Waals surface area contributed by atoms with Crippen LogP contribution in [0.2, 0.25) is 0 Å². The Labute approximate surface area is 115 Å². The van der Waals surface area contributed by atoms with Crippen LogP contribution in [-0.4, -0.2) is 23.1 Å². The van der Waals surface area contributed by atoms with E-state index in [-0.39, 0.29) is 18.0 Å². The number of esters is 1. The molecule has 4 heteroatoms. The lowest BCUT2D eigenvalue weighted by Crippen LogP contribution is -2.13. The van der Waals surface area contributed by atoms with Gasteiger partial charge in [0.25, 0.3) is 0 Å². The van der Waals surface area contributed by atoms with Crippen molar-refractivity contribution in [3.63, 3.8) is 0 Å². The average Bonchev–Trinajstić information content (AvgIpc) is 2.88. The summed E-state index contributed by atoms with van der Waals surface area (Å²) in [5.74, 6) is -0.642. The van der Waals surface area contributed by atoms with Gasteiger partial charge in [-0.25, -0.2) is 0 Å². The molecular formula is C15H26O4. The van der Waals surface area contributed by atoms with Crippen LogP contribution in [0, 0.1) is 5.92 Å². The fourth-order valence-corrected chi connectivity index (χ4v) is 2.57. The van der Waals surface area contributed by atoms with Crippen LogP contribution < -0.4 is 0 Å². The van der Waals surface area contributed by atoms with Gasteiger partial charge in [0.2, 0.25) is 0 Å². The van der Waals surface area contributed by atoms with Crippen LogP contribution in [0.1, 0.15) is 71.1 Å². The lowest BCUT2D eigenvalue weighted by molar-refractivity contribution is -0.148. The zero-order valence-corrected chi connectivity index (χ0v) is 11.9. The quantitative estimate of drug-likeness (QED) is 0.740. The molecule has 1 heterocycles. The highest BCUT2D eigenvalue weighted by atomic mass is 16.5. The summed E-state index contributed by atoms with van der Waals surface area (Å²) in [5, 5.41) is 8.41. The van der Waals surface area contributed by atoms with E-state index in [4.69, 9.17) is 9.84 Å². The number of hydrogen-bond donors (Lipinski definition) is 1. The Hall–Kier alpha value is -1.06. The maximum Gasteiger partial charge on any atom is 0.306 e.